The molecule has 1 N–H and O–H groups in total. The third-order valence-corrected chi connectivity index (χ3v) is 8.41. The Balaban J connectivity index is 1.72. The van der Waals surface area contributed by atoms with Crippen LogP contribution in [0, 0.1) is 28.6 Å². The van der Waals surface area contributed by atoms with Crippen molar-refractivity contribution in [3.05, 3.63) is 11.6 Å². The molecular weight excluding hydrogens is 272 g/mol. The second-order valence-corrected chi connectivity index (χ2v) is 9.24. The molecule has 0 bridgehead atoms. The summed E-state index contributed by atoms with van der Waals surface area (Å²) in [6.07, 6.45) is 10.7. The van der Waals surface area contributed by atoms with Gasteiger partial charge >= 0.3 is 0 Å². The van der Waals surface area contributed by atoms with Crippen molar-refractivity contribution in [1.29, 1.82) is 0 Å². The van der Waals surface area contributed by atoms with Crippen molar-refractivity contribution < 1.29 is 9.90 Å². The fourth-order valence-electron chi connectivity index (χ4n) is 6.55. The van der Waals surface area contributed by atoms with Crippen molar-refractivity contribution in [2.45, 2.75) is 77.7 Å². The summed E-state index contributed by atoms with van der Waals surface area (Å²) in [5.41, 5.74) is 1.46. The maximum absolute atomic E-state index is 11.9. The van der Waals surface area contributed by atoms with Gasteiger partial charge in [0, 0.05) is 18.3 Å². The molecule has 4 aliphatic rings. The van der Waals surface area contributed by atoms with Crippen LogP contribution in [0.2, 0.25) is 0 Å². The van der Waals surface area contributed by atoms with Crippen LogP contribution in [0.3, 0.4) is 0 Å². The standard InChI is InChI=1S/C20H30O2/c1-18-9-6-14(21)12-13(18)4-5-15-16(18)7-10-19(2)17(15)8-11-20(19,3)22/h7,13,15,17,22H,4-6,8-12H2,1-3H3/t13-,15-,17+,18+,19+,20+/m1/s1. The second kappa shape index (κ2) is 4.47. The van der Waals surface area contributed by atoms with Crippen molar-refractivity contribution in [2.75, 3.05) is 0 Å². The Bertz CT molecular complexity index is 546. The molecule has 0 aromatic carbocycles. The third kappa shape index (κ3) is 1.74. The smallest absolute Gasteiger partial charge is 0.133 e. The van der Waals surface area contributed by atoms with Crippen LogP contribution in [0.4, 0.5) is 0 Å². The van der Waals surface area contributed by atoms with Gasteiger partial charge in [0.25, 0.3) is 0 Å². The number of carbonyl (C=O) groups excluding carboxylic acids is 1. The number of fused-ring (bicyclic) bond motifs is 5. The van der Waals surface area contributed by atoms with E-state index in [0.717, 1.165) is 32.1 Å². The predicted molar refractivity (Wildman–Crippen MR) is 87.3 cm³/mol. The summed E-state index contributed by atoms with van der Waals surface area (Å²) in [4.78, 5) is 11.9. The first-order valence-electron chi connectivity index (χ1n) is 9.22. The van der Waals surface area contributed by atoms with E-state index in [2.05, 4.69) is 26.8 Å². The van der Waals surface area contributed by atoms with Gasteiger partial charge in [-0.15, -0.1) is 0 Å². The van der Waals surface area contributed by atoms with E-state index in [9.17, 15) is 9.90 Å². The van der Waals surface area contributed by atoms with Crippen molar-refractivity contribution in [2.24, 2.45) is 28.6 Å². The Morgan fingerprint density at radius 1 is 1.14 bits per heavy atom. The first-order chi connectivity index (χ1) is 10.3. The summed E-state index contributed by atoms with van der Waals surface area (Å²) in [5.74, 6) is 2.34. The minimum absolute atomic E-state index is 0.0504. The molecule has 2 nitrogen and oxygen atoms in total. The maximum atomic E-state index is 11.9. The highest BCUT2D eigenvalue weighted by Crippen LogP contribution is 2.65. The Kier molecular flexibility index (Phi) is 3.03. The molecule has 0 saturated heterocycles. The normalized spacial score (nSPS) is 54.3. The summed E-state index contributed by atoms with van der Waals surface area (Å²) >= 11 is 0. The Hall–Kier alpha value is -0.630. The van der Waals surface area contributed by atoms with Crippen molar-refractivity contribution in [1.82, 2.24) is 0 Å². The lowest BCUT2D eigenvalue weighted by molar-refractivity contribution is -0.125. The number of Topliss-reactive ketones (excluding diaryl/α,β-unsaturated/α-hetero) is 1. The fraction of sp³-hybridized carbons (Fsp3) is 0.850. The van der Waals surface area contributed by atoms with E-state index in [4.69, 9.17) is 0 Å². The molecule has 4 aliphatic carbocycles. The van der Waals surface area contributed by atoms with Gasteiger partial charge in [-0.2, -0.15) is 0 Å². The van der Waals surface area contributed by atoms with Gasteiger partial charge in [-0.05, 0) is 68.6 Å². The van der Waals surface area contributed by atoms with E-state index in [0.29, 0.717) is 23.5 Å². The minimum atomic E-state index is -0.514. The zero-order chi connectivity index (χ0) is 15.8. The molecule has 6 atom stereocenters. The number of rotatable bonds is 0. The minimum Gasteiger partial charge on any atom is -0.390 e. The van der Waals surface area contributed by atoms with E-state index >= 15 is 0 Å². The zero-order valence-corrected chi connectivity index (χ0v) is 14.3. The highest BCUT2D eigenvalue weighted by Gasteiger charge is 2.60. The van der Waals surface area contributed by atoms with Crippen LogP contribution in [-0.4, -0.2) is 16.5 Å². The van der Waals surface area contributed by atoms with Gasteiger partial charge in [-0.25, -0.2) is 0 Å². The molecule has 122 valence electrons. The van der Waals surface area contributed by atoms with Gasteiger partial charge in [0.1, 0.15) is 5.78 Å². The Morgan fingerprint density at radius 3 is 2.68 bits per heavy atom. The van der Waals surface area contributed by atoms with Crippen LogP contribution in [0.5, 0.6) is 0 Å². The van der Waals surface area contributed by atoms with Crippen LogP contribution in [0.25, 0.3) is 0 Å². The van der Waals surface area contributed by atoms with E-state index in [1.807, 2.05) is 0 Å². The molecule has 3 saturated carbocycles. The average molecular weight is 302 g/mol. The fourth-order valence-corrected chi connectivity index (χ4v) is 6.55. The second-order valence-electron chi connectivity index (χ2n) is 9.24. The molecule has 0 aromatic rings. The maximum Gasteiger partial charge on any atom is 0.133 e. The summed E-state index contributed by atoms with van der Waals surface area (Å²) in [6.45, 7) is 6.80. The number of allylic oxidation sites excluding steroid dienone is 2. The van der Waals surface area contributed by atoms with Crippen molar-refractivity contribution >= 4 is 5.78 Å². The van der Waals surface area contributed by atoms with Gasteiger partial charge < -0.3 is 5.11 Å². The van der Waals surface area contributed by atoms with Crippen molar-refractivity contribution in [3.63, 3.8) is 0 Å². The SMILES string of the molecule is C[C@]1(O)CC[C@H]2[C@@H]3CC[C@@H]4CC(=O)CC[C@]4(C)C3=CC[C@@]21C. The lowest BCUT2D eigenvalue weighted by Gasteiger charge is -2.56. The number of carbonyl (C=O) groups is 1. The molecular formula is C20H30O2. The van der Waals surface area contributed by atoms with Gasteiger partial charge in [0.15, 0.2) is 0 Å². The highest BCUT2D eigenvalue weighted by molar-refractivity contribution is 5.80. The molecule has 0 radical (unpaired) electrons. The summed E-state index contributed by atoms with van der Waals surface area (Å²) in [6, 6.07) is 0. The van der Waals surface area contributed by atoms with Crippen LogP contribution in [0.1, 0.15) is 72.1 Å². The molecule has 0 aromatic heterocycles. The summed E-state index contributed by atoms with van der Waals surface area (Å²) < 4.78 is 0. The molecule has 0 amide bonds. The van der Waals surface area contributed by atoms with Crippen LogP contribution < -0.4 is 0 Å². The van der Waals surface area contributed by atoms with Gasteiger partial charge in [0.2, 0.25) is 0 Å². The van der Waals surface area contributed by atoms with Gasteiger partial charge in [0.05, 0.1) is 5.60 Å². The molecule has 0 aliphatic heterocycles. The van der Waals surface area contributed by atoms with Gasteiger partial charge in [-0.1, -0.05) is 25.5 Å². The quantitative estimate of drug-likeness (QED) is 0.679. The molecule has 0 spiro atoms. The first-order valence-corrected chi connectivity index (χ1v) is 9.22. The zero-order valence-electron chi connectivity index (χ0n) is 14.3. The third-order valence-electron chi connectivity index (χ3n) is 8.41. The van der Waals surface area contributed by atoms with Crippen molar-refractivity contribution in [3.8, 4) is 0 Å². The summed E-state index contributed by atoms with van der Waals surface area (Å²) in [7, 11) is 0. The van der Waals surface area contributed by atoms with Crippen LogP contribution in [0.15, 0.2) is 11.6 Å². The number of hydrogen-bond donors (Lipinski definition) is 1. The number of ketones is 1. The highest BCUT2D eigenvalue weighted by atomic mass is 16.3. The number of aliphatic hydroxyl groups is 1. The molecule has 3 fully saturated rings. The lowest BCUT2D eigenvalue weighted by Crippen LogP contribution is -2.51. The Morgan fingerprint density at radius 2 is 1.91 bits per heavy atom. The molecule has 0 unspecified atom stereocenters. The van der Waals surface area contributed by atoms with Crippen LogP contribution >= 0.6 is 0 Å². The van der Waals surface area contributed by atoms with Gasteiger partial charge in [-0.3, -0.25) is 4.79 Å². The first kappa shape index (κ1) is 14.9. The summed E-state index contributed by atoms with van der Waals surface area (Å²) in [5, 5.41) is 10.9. The molecule has 4 rings (SSSR count). The molecule has 22 heavy (non-hydrogen) atoms. The monoisotopic (exact) mass is 302 g/mol. The van der Waals surface area contributed by atoms with E-state index in [1.54, 1.807) is 5.57 Å². The topological polar surface area (TPSA) is 37.3 Å². The largest absolute Gasteiger partial charge is 0.390 e. The lowest BCUT2D eigenvalue weighted by atomic mass is 9.48. The van der Waals surface area contributed by atoms with E-state index in [1.165, 1.54) is 19.3 Å². The average Bonchev–Trinajstić information content (AvgIpc) is 2.70. The number of hydrogen-bond acceptors (Lipinski definition) is 2. The predicted octanol–water partition coefficient (Wildman–Crippen LogP) is 4.27. The molecule has 0 heterocycles. The Labute approximate surface area is 134 Å². The van der Waals surface area contributed by atoms with Crippen LogP contribution in [-0.2, 0) is 4.79 Å². The van der Waals surface area contributed by atoms with E-state index in [-0.39, 0.29) is 10.8 Å². The molecule has 2 heteroatoms. The van der Waals surface area contributed by atoms with E-state index < -0.39 is 5.60 Å².